The fourth-order valence-corrected chi connectivity index (χ4v) is 2.07. The van der Waals surface area contributed by atoms with Crippen LogP contribution in [-0.2, 0) is 4.74 Å². The van der Waals surface area contributed by atoms with Crippen LogP contribution in [-0.4, -0.2) is 31.4 Å². The molecule has 1 N–H and O–H groups in total. The van der Waals surface area contributed by atoms with Crippen LogP contribution in [0, 0.1) is 6.92 Å². The van der Waals surface area contributed by atoms with E-state index in [1.165, 1.54) is 11.3 Å². The molecule has 0 aliphatic rings. The van der Waals surface area contributed by atoms with Crippen LogP contribution in [0.4, 0.5) is 0 Å². The van der Waals surface area contributed by atoms with Crippen LogP contribution >= 0.6 is 11.3 Å². The molecular formula is C11H16O4S. The summed E-state index contributed by atoms with van der Waals surface area (Å²) >= 11 is 1.24. The highest BCUT2D eigenvalue weighted by Crippen LogP contribution is 2.28. The molecule has 0 unspecified atom stereocenters. The first-order valence-electron chi connectivity index (χ1n) is 5.10. The number of thiophene rings is 1. The van der Waals surface area contributed by atoms with Gasteiger partial charge in [0.05, 0.1) is 6.61 Å². The molecule has 0 aromatic carbocycles. The van der Waals surface area contributed by atoms with Gasteiger partial charge in [-0.15, -0.1) is 11.3 Å². The van der Waals surface area contributed by atoms with Crippen molar-refractivity contribution < 1.29 is 19.4 Å². The number of aryl methyl sites for hydroxylation is 1. The Kier molecular flexibility index (Phi) is 5.28. The second kappa shape index (κ2) is 6.50. The van der Waals surface area contributed by atoms with Gasteiger partial charge in [0.1, 0.15) is 5.75 Å². The number of carboxylic acids is 1. The van der Waals surface area contributed by atoms with Crippen molar-refractivity contribution in [3.05, 3.63) is 15.8 Å². The maximum Gasteiger partial charge on any atom is 0.349 e. The molecule has 0 aliphatic heterocycles. The summed E-state index contributed by atoms with van der Waals surface area (Å²) in [5, 5.41) is 8.93. The molecule has 0 radical (unpaired) electrons. The Morgan fingerprint density at radius 2 is 2.12 bits per heavy atom. The Morgan fingerprint density at radius 1 is 1.44 bits per heavy atom. The second-order valence-electron chi connectivity index (χ2n) is 3.40. The van der Waals surface area contributed by atoms with Crippen LogP contribution in [0.5, 0.6) is 5.75 Å². The van der Waals surface area contributed by atoms with E-state index in [2.05, 4.69) is 0 Å². The molecule has 1 rings (SSSR count). The lowest BCUT2D eigenvalue weighted by Crippen LogP contribution is -2.02. The molecule has 0 saturated heterocycles. The highest BCUT2D eigenvalue weighted by molar-refractivity contribution is 7.14. The number of carboxylic acid groups (broad SMARTS) is 1. The monoisotopic (exact) mass is 244 g/mol. The zero-order chi connectivity index (χ0) is 12.0. The number of rotatable bonds is 7. The van der Waals surface area contributed by atoms with Gasteiger partial charge in [-0.2, -0.15) is 0 Å². The van der Waals surface area contributed by atoms with Crippen molar-refractivity contribution in [1.29, 1.82) is 0 Å². The highest BCUT2D eigenvalue weighted by Gasteiger charge is 2.14. The number of ether oxygens (including phenoxy) is 2. The van der Waals surface area contributed by atoms with Crippen molar-refractivity contribution in [2.75, 3.05) is 20.3 Å². The maximum absolute atomic E-state index is 10.9. The van der Waals surface area contributed by atoms with Crippen molar-refractivity contribution in [1.82, 2.24) is 0 Å². The van der Waals surface area contributed by atoms with E-state index in [0.29, 0.717) is 19.0 Å². The second-order valence-corrected chi connectivity index (χ2v) is 4.66. The third-order valence-electron chi connectivity index (χ3n) is 2.02. The fourth-order valence-electron chi connectivity index (χ4n) is 1.28. The van der Waals surface area contributed by atoms with Gasteiger partial charge in [0.15, 0.2) is 4.88 Å². The minimum absolute atomic E-state index is 0.282. The summed E-state index contributed by atoms with van der Waals surface area (Å²) in [6.45, 7) is 3.10. The minimum Gasteiger partial charge on any atom is -0.492 e. The molecule has 90 valence electrons. The molecule has 0 spiro atoms. The van der Waals surface area contributed by atoms with E-state index < -0.39 is 5.97 Å². The Labute approximate surface area is 98.8 Å². The van der Waals surface area contributed by atoms with E-state index >= 15 is 0 Å². The summed E-state index contributed by atoms with van der Waals surface area (Å²) in [4.78, 5) is 12.1. The van der Waals surface area contributed by atoms with Crippen molar-refractivity contribution >= 4 is 17.3 Å². The van der Waals surface area contributed by atoms with E-state index in [0.717, 1.165) is 17.7 Å². The van der Waals surface area contributed by atoms with Crippen LogP contribution in [0.2, 0.25) is 0 Å². The molecule has 1 aromatic rings. The molecule has 0 fully saturated rings. The van der Waals surface area contributed by atoms with E-state index in [1.807, 2.05) is 6.92 Å². The van der Waals surface area contributed by atoms with E-state index in [-0.39, 0.29) is 4.88 Å². The zero-order valence-electron chi connectivity index (χ0n) is 9.49. The molecule has 1 aromatic heterocycles. The summed E-state index contributed by atoms with van der Waals surface area (Å²) < 4.78 is 10.4. The van der Waals surface area contributed by atoms with Gasteiger partial charge in [0, 0.05) is 18.6 Å². The quantitative estimate of drug-likeness (QED) is 0.749. The summed E-state index contributed by atoms with van der Waals surface area (Å²) in [5.41, 5.74) is 0. The summed E-state index contributed by atoms with van der Waals surface area (Å²) in [6, 6.07) is 1.77. The molecule has 0 aliphatic carbocycles. The van der Waals surface area contributed by atoms with Crippen LogP contribution < -0.4 is 4.74 Å². The van der Waals surface area contributed by atoms with Crippen molar-refractivity contribution in [3.8, 4) is 5.75 Å². The molecular weight excluding hydrogens is 228 g/mol. The zero-order valence-corrected chi connectivity index (χ0v) is 10.3. The van der Waals surface area contributed by atoms with Crippen molar-refractivity contribution in [3.63, 3.8) is 0 Å². The Bertz CT molecular complexity index is 346. The lowest BCUT2D eigenvalue weighted by atomic mass is 10.3. The smallest absolute Gasteiger partial charge is 0.349 e. The number of hydrogen-bond donors (Lipinski definition) is 1. The largest absolute Gasteiger partial charge is 0.492 e. The van der Waals surface area contributed by atoms with E-state index in [9.17, 15) is 4.79 Å². The molecule has 0 amide bonds. The molecule has 0 atom stereocenters. The SMILES string of the molecule is COCCCCOc1cc(C)sc1C(=O)O. The standard InChI is InChI=1S/C11H16O4S/c1-8-7-9(10(16-8)11(12)13)15-6-4-3-5-14-2/h7H,3-6H2,1-2H3,(H,12,13). The fraction of sp³-hybridized carbons (Fsp3) is 0.545. The maximum atomic E-state index is 10.9. The van der Waals surface area contributed by atoms with Crippen molar-refractivity contribution in [2.24, 2.45) is 0 Å². The minimum atomic E-state index is -0.926. The first-order chi connectivity index (χ1) is 7.65. The Morgan fingerprint density at radius 3 is 2.75 bits per heavy atom. The topological polar surface area (TPSA) is 55.8 Å². The number of methoxy groups -OCH3 is 1. The van der Waals surface area contributed by atoms with E-state index in [1.54, 1.807) is 13.2 Å². The molecule has 16 heavy (non-hydrogen) atoms. The first-order valence-corrected chi connectivity index (χ1v) is 5.92. The molecule has 4 nitrogen and oxygen atoms in total. The number of hydrogen-bond acceptors (Lipinski definition) is 4. The lowest BCUT2D eigenvalue weighted by molar-refractivity contribution is 0.0698. The van der Waals surface area contributed by atoms with Gasteiger partial charge in [-0.05, 0) is 25.8 Å². The van der Waals surface area contributed by atoms with Crippen LogP contribution in [0.25, 0.3) is 0 Å². The average molecular weight is 244 g/mol. The normalized spacial score (nSPS) is 10.4. The third-order valence-corrected chi connectivity index (χ3v) is 3.04. The first kappa shape index (κ1) is 13.0. The molecule has 1 heterocycles. The van der Waals surface area contributed by atoms with Gasteiger partial charge in [0.25, 0.3) is 0 Å². The Hall–Kier alpha value is -1.07. The average Bonchev–Trinajstić information content (AvgIpc) is 2.59. The summed E-state index contributed by atoms with van der Waals surface area (Å²) in [5.74, 6) is -0.447. The molecule has 0 bridgehead atoms. The van der Waals surface area contributed by atoms with Crippen molar-refractivity contribution in [2.45, 2.75) is 19.8 Å². The van der Waals surface area contributed by atoms with Gasteiger partial charge in [0.2, 0.25) is 0 Å². The molecule has 5 heteroatoms. The molecule has 0 saturated carbocycles. The predicted molar refractivity (Wildman–Crippen MR) is 62.6 cm³/mol. The van der Waals surface area contributed by atoms with Gasteiger partial charge < -0.3 is 14.6 Å². The van der Waals surface area contributed by atoms with Crippen LogP contribution in [0.1, 0.15) is 27.4 Å². The number of unbranched alkanes of at least 4 members (excludes halogenated alkanes) is 1. The van der Waals surface area contributed by atoms with Gasteiger partial charge >= 0.3 is 5.97 Å². The van der Waals surface area contributed by atoms with Crippen LogP contribution in [0.15, 0.2) is 6.07 Å². The summed E-state index contributed by atoms with van der Waals surface area (Å²) in [7, 11) is 1.66. The Balaban J connectivity index is 2.44. The number of aromatic carboxylic acids is 1. The predicted octanol–water partition coefficient (Wildman–Crippen LogP) is 2.56. The van der Waals surface area contributed by atoms with Gasteiger partial charge in [-0.1, -0.05) is 0 Å². The van der Waals surface area contributed by atoms with Gasteiger partial charge in [-0.25, -0.2) is 4.79 Å². The van der Waals surface area contributed by atoms with E-state index in [4.69, 9.17) is 14.6 Å². The highest BCUT2D eigenvalue weighted by atomic mass is 32.1. The van der Waals surface area contributed by atoms with Crippen LogP contribution in [0.3, 0.4) is 0 Å². The number of carbonyl (C=O) groups is 1. The van der Waals surface area contributed by atoms with Gasteiger partial charge in [-0.3, -0.25) is 0 Å². The third kappa shape index (κ3) is 3.83. The lowest BCUT2D eigenvalue weighted by Gasteiger charge is -2.04. The summed E-state index contributed by atoms with van der Waals surface area (Å²) in [6.07, 6.45) is 1.78.